The van der Waals surface area contributed by atoms with Gasteiger partial charge in [0.25, 0.3) is 0 Å². The minimum absolute atomic E-state index is 0.0644. The largest absolute Gasteiger partial charge is 0.458 e. The van der Waals surface area contributed by atoms with E-state index in [2.05, 4.69) is 25.9 Å². The molecule has 5 atom stereocenters. The molecule has 0 spiro atoms. The van der Waals surface area contributed by atoms with Crippen LogP contribution < -0.4 is 0 Å². The van der Waals surface area contributed by atoms with Crippen molar-refractivity contribution in [1.29, 1.82) is 0 Å². The number of esters is 1. The average molecular weight is 397 g/mol. The summed E-state index contributed by atoms with van der Waals surface area (Å²) in [6.45, 7) is 6.75. The lowest BCUT2D eigenvalue weighted by Crippen LogP contribution is -2.57. The van der Waals surface area contributed by atoms with E-state index in [1.165, 1.54) is 11.4 Å². The van der Waals surface area contributed by atoms with Crippen molar-refractivity contribution in [2.45, 2.75) is 65.0 Å². The number of hydrazone groups is 1. The average Bonchev–Trinajstić information content (AvgIpc) is 2.96. The second-order valence-electron chi connectivity index (χ2n) is 9.24. The van der Waals surface area contributed by atoms with Gasteiger partial charge in [0.05, 0.1) is 17.5 Å². The molecule has 0 N–H and O–H groups in total. The van der Waals surface area contributed by atoms with Gasteiger partial charge in [0.2, 0.25) is 5.91 Å². The SMILES string of the molecule is C[C@@H]1[C@@H](OC(=O)C2=NN([C@@H]3CCS(=O)(=O)C3)C(=O)CC2)C[C@H]2C[C@@H]1C2(C)C. The monoisotopic (exact) mass is 396 g/mol. The van der Waals surface area contributed by atoms with Gasteiger partial charge in [0.1, 0.15) is 11.8 Å². The Morgan fingerprint density at radius 1 is 1.26 bits per heavy atom. The van der Waals surface area contributed by atoms with E-state index in [9.17, 15) is 18.0 Å². The molecule has 2 aliphatic heterocycles. The Morgan fingerprint density at radius 3 is 2.59 bits per heavy atom. The number of ether oxygens (including phenoxy) is 1. The van der Waals surface area contributed by atoms with Crippen molar-refractivity contribution in [3.63, 3.8) is 0 Å². The summed E-state index contributed by atoms with van der Waals surface area (Å²) in [6, 6.07) is -0.465. The van der Waals surface area contributed by atoms with Crippen LogP contribution in [0.25, 0.3) is 0 Å². The van der Waals surface area contributed by atoms with Crippen molar-refractivity contribution in [3.05, 3.63) is 0 Å². The van der Waals surface area contributed by atoms with Gasteiger partial charge in [-0.2, -0.15) is 5.10 Å². The molecule has 5 rings (SSSR count). The molecule has 4 fully saturated rings. The van der Waals surface area contributed by atoms with Crippen LogP contribution in [0.3, 0.4) is 0 Å². The molecule has 8 heteroatoms. The zero-order chi connectivity index (χ0) is 19.6. The second kappa shape index (κ2) is 6.29. The summed E-state index contributed by atoms with van der Waals surface area (Å²) in [5, 5.41) is 5.44. The van der Waals surface area contributed by atoms with Crippen LogP contribution in [0.4, 0.5) is 0 Å². The van der Waals surface area contributed by atoms with E-state index >= 15 is 0 Å². The third-order valence-electron chi connectivity index (χ3n) is 7.39. The number of rotatable bonds is 3. The number of nitrogens with zero attached hydrogens (tertiary/aromatic N) is 2. The first-order chi connectivity index (χ1) is 12.6. The predicted octanol–water partition coefficient (Wildman–Crippen LogP) is 1.77. The van der Waals surface area contributed by atoms with E-state index < -0.39 is 21.8 Å². The molecule has 0 aromatic rings. The summed E-state index contributed by atoms with van der Waals surface area (Å²) in [6.07, 6.45) is 2.79. The zero-order valence-electron chi connectivity index (χ0n) is 16.2. The number of carbonyl (C=O) groups excluding carboxylic acids is 2. The Kier molecular flexibility index (Phi) is 4.40. The van der Waals surface area contributed by atoms with Gasteiger partial charge < -0.3 is 4.74 Å². The molecule has 1 saturated heterocycles. The molecule has 7 nitrogen and oxygen atoms in total. The van der Waals surface area contributed by atoms with E-state index in [4.69, 9.17) is 4.74 Å². The normalized spacial score (nSPS) is 39.5. The highest BCUT2D eigenvalue weighted by atomic mass is 32.2. The van der Waals surface area contributed by atoms with Crippen LogP contribution in [0.5, 0.6) is 0 Å². The topological polar surface area (TPSA) is 93.1 Å². The highest BCUT2D eigenvalue weighted by molar-refractivity contribution is 7.91. The van der Waals surface area contributed by atoms with Gasteiger partial charge in [-0.25, -0.2) is 18.2 Å². The summed E-state index contributed by atoms with van der Waals surface area (Å²) >= 11 is 0. The standard InChI is InChI=1S/C19H28N2O5S/c1-11-14-8-12(19(14,2)3)9-16(11)26-18(23)15-4-5-17(22)21(20-15)13-6-7-27(24,25)10-13/h11-14,16H,4-10H2,1-3H3/t11-,12+,13+,14-,16-/m0/s1. The highest BCUT2D eigenvalue weighted by Crippen LogP contribution is 2.61. The summed E-state index contributed by atoms with van der Waals surface area (Å²) in [7, 11) is -3.13. The Morgan fingerprint density at radius 2 is 2.00 bits per heavy atom. The Labute approximate surface area is 160 Å². The van der Waals surface area contributed by atoms with Gasteiger partial charge in [0.15, 0.2) is 9.84 Å². The van der Waals surface area contributed by atoms with Crippen molar-refractivity contribution in [2.75, 3.05) is 11.5 Å². The van der Waals surface area contributed by atoms with Gasteiger partial charge >= 0.3 is 5.97 Å². The first-order valence-electron chi connectivity index (χ1n) is 9.89. The lowest BCUT2D eigenvalue weighted by molar-refractivity contribution is -0.180. The maximum atomic E-state index is 12.7. The molecule has 1 amide bonds. The fourth-order valence-corrected chi connectivity index (χ4v) is 7.13. The lowest BCUT2D eigenvalue weighted by atomic mass is 9.45. The maximum Gasteiger partial charge on any atom is 0.354 e. The number of fused-ring (bicyclic) bond motifs is 2. The smallest absolute Gasteiger partial charge is 0.354 e. The highest BCUT2D eigenvalue weighted by Gasteiger charge is 2.57. The number of hydrogen-bond acceptors (Lipinski definition) is 6. The molecule has 3 aliphatic carbocycles. The van der Waals surface area contributed by atoms with Gasteiger partial charge in [-0.3, -0.25) is 4.79 Å². The third-order valence-corrected chi connectivity index (χ3v) is 9.14. The molecule has 0 aromatic carbocycles. The molecule has 5 aliphatic rings. The van der Waals surface area contributed by atoms with Crippen LogP contribution in [0, 0.1) is 23.2 Å². The molecule has 0 radical (unpaired) electrons. The molecule has 0 aromatic heterocycles. The predicted molar refractivity (Wildman–Crippen MR) is 99.6 cm³/mol. The van der Waals surface area contributed by atoms with Crippen molar-refractivity contribution in [3.8, 4) is 0 Å². The number of carbonyl (C=O) groups is 2. The number of sulfone groups is 1. The van der Waals surface area contributed by atoms with E-state index in [1.807, 2.05) is 0 Å². The number of amides is 1. The first-order valence-corrected chi connectivity index (χ1v) is 11.7. The molecule has 3 saturated carbocycles. The summed E-state index contributed by atoms with van der Waals surface area (Å²) in [5.74, 6) is 0.788. The van der Waals surface area contributed by atoms with E-state index in [1.54, 1.807) is 0 Å². The molecule has 2 bridgehead atoms. The van der Waals surface area contributed by atoms with Crippen molar-refractivity contribution in [1.82, 2.24) is 5.01 Å². The number of hydrogen-bond donors (Lipinski definition) is 0. The Hall–Kier alpha value is -1.44. The lowest BCUT2D eigenvalue weighted by Gasteiger charge is -2.61. The fraction of sp³-hybridized carbons (Fsp3) is 0.842. The minimum Gasteiger partial charge on any atom is -0.458 e. The van der Waals surface area contributed by atoms with Crippen LogP contribution in [-0.2, 0) is 24.2 Å². The van der Waals surface area contributed by atoms with Crippen LogP contribution >= 0.6 is 0 Å². The van der Waals surface area contributed by atoms with Crippen LogP contribution in [0.15, 0.2) is 5.10 Å². The summed E-state index contributed by atoms with van der Waals surface area (Å²) in [4.78, 5) is 24.9. The Balaban J connectivity index is 1.44. The van der Waals surface area contributed by atoms with E-state index in [0.29, 0.717) is 29.6 Å². The molecular formula is C19H28N2O5S. The molecule has 27 heavy (non-hydrogen) atoms. The quantitative estimate of drug-likeness (QED) is 0.678. The first kappa shape index (κ1) is 18.9. The molecule has 0 unspecified atom stereocenters. The second-order valence-corrected chi connectivity index (χ2v) is 11.5. The maximum absolute atomic E-state index is 12.7. The molecule has 2 heterocycles. The summed E-state index contributed by atoms with van der Waals surface area (Å²) < 4.78 is 29.2. The van der Waals surface area contributed by atoms with Gasteiger partial charge in [-0.05, 0) is 42.4 Å². The van der Waals surface area contributed by atoms with Crippen LogP contribution in [0.1, 0.15) is 52.9 Å². The Bertz CT molecular complexity index is 803. The van der Waals surface area contributed by atoms with Gasteiger partial charge in [-0.15, -0.1) is 0 Å². The van der Waals surface area contributed by atoms with Gasteiger partial charge in [-0.1, -0.05) is 20.8 Å². The zero-order valence-corrected chi connectivity index (χ0v) is 17.0. The van der Waals surface area contributed by atoms with Crippen molar-refractivity contribution in [2.24, 2.45) is 28.3 Å². The van der Waals surface area contributed by atoms with E-state index in [0.717, 1.165) is 6.42 Å². The fourth-order valence-electron chi connectivity index (χ4n) is 5.44. The van der Waals surface area contributed by atoms with Crippen LogP contribution in [-0.4, -0.2) is 54.7 Å². The third kappa shape index (κ3) is 3.19. The van der Waals surface area contributed by atoms with E-state index in [-0.39, 0.29) is 42.1 Å². The van der Waals surface area contributed by atoms with Crippen LogP contribution in [0.2, 0.25) is 0 Å². The van der Waals surface area contributed by atoms with Crippen molar-refractivity contribution >= 4 is 27.4 Å². The molecule has 150 valence electrons. The van der Waals surface area contributed by atoms with Crippen molar-refractivity contribution < 1.29 is 22.7 Å². The molecular weight excluding hydrogens is 368 g/mol. The van der Waals surface area contributed by atoms with Gasteiger partial charge in [0, 0.05) is 12.8 Å². The summed E-state index contributed by atoms with van der Waals surface area (Å²) in [5.41, 5.74) is 0.562. The minimum atomic E-state index is -3.13.